The average molecular weight is 841 g/mol. The van der Waals surface area contributed by atoms with Crippen molar-refractivity contribution >= 4 is 55.0 Å². The maximum atomic E-state index is 14.7. The highest BCUT2D eigenvalue weighted by Crippen LogP contribution is 2.34. The van der Waals surface area contributed by atoms with Crippen molar-refractivity contribution in [3.05, 3.63) is 41.7 Å². The molecule has 1 saturated carbocycles. The number of rotatable bonds is 14. The molecular weight excluding hydrogens is 795 g/mol. The van der Waals surface area contributed by atoms with Gasteiger partial charge in [0, 0.05) is 18.5 Å². The number of sulfonamides is 1. The number of aliphatic imine (C=N–C) groups is 1. The normalized spacial score (nSPS) is 21.6. The second-order valence-electron chi connectivity index (χ2n) is 15.2. The van der Waals surface area contributed by atoms with Crippen LogP contribution >= 0.6 is 0 Å². The lowest BCUT2D eigenvalue weighted by molar-refractivity contribution is -0.143. The van der Waals surface area contributed by atoms with Gasteiger partial charge in [-0.1, -0.05) is 37.3 Å². The van der Waals surface area contributed by atoms with Crippen molar-refractivity contribution in [1.29, 1.82) is 0 Å². The van der Waals surface area contributed by atoms with Crippen LogP contribution in [-0.2, 0) is 44.6 Å². The monoisotopic (exact) mass is 840 g/mol. The Bertz CT molecular complexity index is 2120. The van der Waals surface area contributed by atoms with Crippen LogP contribution in [0.15, 0.2) is 40.4 Å². The van der Waals surface area contributed by atoms with Crippen LogP contribution in [0.25, 0.3) is 0 Å². The van der Waals surface area contributed by atoms with E-state index in [1.165, 1.54) is 24.7 Å². The number of amides is 4. The zero-order valence-corrected chi connectivity index (χ0v) is 33.0. The number of nitrogens with zero attached hydrogens (tertiary/aromatic N) is 5. The number of halogens is 2. The highest BCUT2D eigenvalue weighted by Gasteiger charge is 2.50. The summed E-state index contributed by atoms with van der Waals surface area (Å²) in [6.07, 6.45) is 1.54. The van der Waals surface area contributed by atoms with E-state index in [-0.39, 0.29) is 47.2 Å². The number of benzene rings is 1. The minimum absolute atomic E-state index is 0.0320. The summed E-state index contributed by atoms with van der Waals surface area (Å²) in [4.78, 5) is 73.0. The summed E-state index contributed by atoms with van der Waals surface area (Å²) in [7, 11) is -7.92. The number of sulfone groups is 1. The zero-order chi connectivity index (χ0) is 41.9. The van der Waals surface area contributed by atoms with E-state index in [4.69, 9.17) is 5.73 Å². The third-order valence-corrected chi connectivity index (χ3v) is 13.7. The molecule has 0 bridgehead atoms. The van der Waals surface area contributed by atoms with Crippen LogP contribution in [-0.4, -0.2) is 120 Å². The van der Waals surface area contributed by atoms with Crippen LogP contribution < -0.4 is 15.8 Å². The number of nitrogens with one attached hydrogen (secondary N) is 2. The number of carbonyl (C=O) groups is 5. The Morgan fingerprint density at radius 3 is 2.28 bits per heavy atom. The summed E-state index contributed by atoms with van der Waals surface area (Å²) in [5, 5.41) is 21.4. The molecule has 2 atom stereocenters. The standard InChI is InChI=1S/C35H46F2N8O10S2/c1-34(2,51)27-18-39-43-45(27)23-17-26(32(49)42-35(29(46)30(38)47)12-14-56(52,53)15-13-35)44(20-23)33(50)25(16-21-6-4-3-5-7-21)41-31(48)22-8-10-24(11-9-22)57(54,55)40-19-28(36)37/h8-11,18,21,23,26,28,40,51H,3-7,12-17,19-20H2,1-2H3,(H2,38,47)(H,42,49)/b41-25+/t23-,26-/m0/s1. The second-order valence-corrected chi connectivity index (χ2v) is 19.3. The number of aliphatic hydroxyl groups is 1. The van der Waals surface area contributed by atoms with Crippen LogP contribution in [0.1, 0.15) is 93.7 Å². The number of Topliss-reactive ketones (excluding diaryl/α,β-unsaturated/α-hetero) is 1. The fraction of sp³-hybridized carbons (Fsp3) is 0.600. The Hall–Kier alpha value is -4.54. The Morgan fingerprint density at radius 2 is 1.70 bits per heavy atom. The van der Waals surface area contributed by atoms with Gasteiger partial charge in [-0.15, -0.1) is 5.10 Å². The summed E-state index contributed by atoms with van der Waals surface area (Å²) >= 11 is 0. The molecule has 5 N–H and O–H groups in total. The van der Waals surface area contributed by atoms with Gasteiger partial charge in [-0.05, 0) is 63.3 Å². The molecular formula is C35H46F2N8O10S2. The summed E-state index contributed by atoms with van der Waals surface area (Å²) in [6, 6.07) is 2.12. The maximum Gasteiger partial charge on any atom is 0.287 e. The van der Waals surface area contributed by atoms with Gasteiger partial charge in [0.1, 0.15) is 22.9 Å². The van der Waals surface area contributed by atoms with Gasteiger partial charge in [-0.25, -0.2) is 40.0 Å². The van der Waals surface area contributed by atoms with Gasteiger partial charge < -0.3 is 21.1 Å². The fourth-order valence-electron chi connectivity index (χ4n) is 7.50. The van der Waals surface area contributed by atoms with Crippen molar-refractivity contribution in [3.8, 4) is 0 Å². The van der Waals surface area contributed by atoms with E-state index in [2.05, 4.69) is 20.6 Å². The predicted octanol–water partition coefficient (Wildman–Crippen LogP) is 0.561. The van der Waals surface area contributed by atoms with E-state index >= 15 is 0 Å². The first-order valence-corrected chi connectivity index (χ1v) is 21.7. The molecule has 18 nitrogen and oxygen atoms in total. The van der Waals surface area contributed by atoms with Crippen molar-refractivity contribution in [1.82, 2.24) is 29.9 Å². The van der Waals surface area contributed by atoms with E-state index < -0.39 is 110 Å². The number of hydrogen-bond acceptors (Lipinski definition) is 12. The number of carbonyl (C=O) groups excluding carboxylic acids is 5. The molecule has 5 rings (SSSR count). The molecule has 2 aromatic rings. The number of ketones is 1. The second kappa shape index (κ2) is 17.1. The lowest BCUT2D eigenvalue weighted by atomic mass is 9.85. The van der Waals surface area contributed by atoms with E-state index in [1.807, 2.05) is 0 Å². The highest BCUT2D eigenvalue weighted by molar-refractivity contribution is 7.91. The summed E-state index contributed by atoms with van der Waals surface area (Å²) in [6.45, 7) is 1.65. The van der Waals surface area contributed by atoms with Crippen molar-refractivity contribution in [3.63, 3.8) is 0 Å². The number of hydrogen-bond donors (Lipinski definition) is 4. The Kier molecular flexibility index (Phi) is 13.1. The van der Waals surface area contributed by atoms with Crippen molar-refractivity contribution in [2.45, 2.75) is 106 Å². The summed E-state index contributed by atoms with van der Waals surface area (Å²) < 4.78 is 77.9. The molecule has 312 valence electrons. The third-order valence-electron chi connectivity index (χ3n) is 10.6. The largest absolute Gasteiger partial charge is 0.384 e. The minimum atomic E-state index is -4.33. The minimum Gasteiger partial charge on any atom is -0.384 e. The zero-order valence-electron chi connectivity index (χ0n) is 31.4. The van der Waals surface area contributed by atoms with E-state index in [9.17, 15) is 54.7 Å². The van der Waals surface area contributed by atoms with E-state index in [0.29, 0.717) is 0 Å². The third kappa shape index (κ3) is 10.3. The smallest absolute Gasteiger partial charge is 0.287 e. The van der Waals surface area contributed by atoms with Crippen LogP contribution in [0.3, 0.4) is 0 Å². The maximum absolute atomic E-state index is 14.7. The molecule has 2 saturated heterocycles. The molecule has 1 aromatic carbocycles. The molecule has 1 aliphatic carbocycles. The molecule has 3 heterocycles. The molecule has 4 amide bonds. The first-order valence-electron chi connectivity index (χ1n) is 18.4. The molecule has 0 unspecified atom stereocenters. The number of nitrogens with two attached hydrogens (primary N) is 1. The van der Waals surface area contributed by atoms with Crippen molar-refractivity contribution in [2.24, 2.45) is 16.6 Å². The van der Waals surface area contributed by atoms with Gasteiger partial charge in [0.05, 0.1) is 40.9 Å². The van der Waals surface area contributed by atoms with Gasteiger partial charge in [0.25, 0.3) is 24.1 Å². The summed E-state index contributed by atoms with van der Waals surface area (Å²) in [5.74, 6) is -6.35. The number of aromatic nitrogens is 3. The lowest BCUT2D eigenvalue weighted by Crippen LogP contribution is -2.64. The molecule has 3 aliphatic rings. The number of alkyl halides is 2. The quantitative estimate of drug-likeness (QED) is 0.150. The van der Waals surface area contributed by atoms with E-state index in [0.717, 1.165) is 61.3 Å². The predicted molar refractivity (Wildman–Crippen MR) is 198 cm³/mol. The van der Waals surface area contributed by atoms with Gasteiger partial charge in [0.2, 0.25) is 21.7 Å². The van der Waals surface area contributed by atoms with Crippen LogP contribution in [0, 0.1) is 5.92 Å². The van der Waals surface area contributed by atoms with Crippen LogP contribution in [0.4, 0.5) is 8.78 Å². The molecule has 0 spiro atoms. The SMILES string of the molecule is CC(C)(O)c1cnnn1[C@H]1C[C@@H](C(=O)NC2(C(=O)C(N)=O)CCS(=O)(=O)CC2)N(C(=O)/C(CC2CCCCC2)=N/C(=O)c2ccc(S(=O)(=O)NCC(F)F)cc2)C1. The average Bonchev–Trinajstić information content (AvgIpc) is 3.83. The Labute approximate surface area is 328 Å². The molecule has 0 radical (unpaired) electrons. The Morgan fingerprint density at radius 1 is 1.07 bits per heavy atom. The van der Waals surface area contributed by atoms with E-state index in [1.54, 1.807) is 4.72 Å². The first-order chi connectivity index (χ1) is 26.6. The van der Waals surface area contributed by atoms with Crippen molar-refractivity contribution < 1.29 is 54.7 Å². The van der Waals surface area contributed by atoms with Gasteiger partial charge in [0.15, 0.2) is 9.84 Å². The fourth-order valence-corrected chi connectivity index (χ4v) is 10.0. The summed E-state index contributed by atoms with van der Waals surface area (Å²) in [5.41, 5.74) is 1.82. The van der Waals surface area contributed by atoms with Crippen molar-refractivity contribution in [2.75, 3.05) is 24.6 Å². The molecule has 1 aromatic heterocycles. The highest BCUT2D eigenvalue weighted by atomic mass is 32.2. The van der Waals surface area contributed by atoms with Gasteiger partial charge >= 0.3 is 0 Å². The number of likely N-dealkylation sites (tertiary alicyclic amines) is 1. The lowest BCUT2D eigenvalue weighted by Gasteiger charge is -2.37. The van der Waals surface area contributed by atoms with Gasteiger partial charge in [-0.3, -0.25) is 24.0 Å². The number of primary amides is 1. The van der Waals surface area contributed by atoms with Crippen LogP contribution in [0.5, 0.6) is 0 Å². The van der Waals surface area contributed by atoms with Crippen LogP contribution in [0.2, 0.25) is 0 Å². The Balaban J connectivity index is 1.52. The first kappa shape index (κ1) is 43.6. The molecule has 3 fully saturated rings. The molecule has 2 aliphatic heterocycles. The van der Waals surface area contributed by atoms with Gasteiger partial charge in [-0.2, -0.15) is 0 Å². The topological polar surface area (TPSA) is 270 Å². The molecule has 57 heavy (non-hydrogen) atoms. The molecule has 22 heteroatoms.